The fraction of sp³-hybridized carbons (Fsp3) is 0.0400. The summed E-state index contributed by atoms with van der Waals surface area (Å²) in [5.41, 5.74) is 10.9. The van der Waals surface area contributed by atoms with Crippen molar-refractivity contribution < 1.29 is 4.42 Å². The van der Waals surface area contributed by atoms with Crippen molar-refractivity contribution in [2.45, 2.75) is 12.8 Å². The Kier molecular flexibility index (Phi) is 7.61. The summed E-state index contributed by atoms with van der Waals surface area (Å²) in [4.78, 5) is 22.9. The van der Waals surface area contributed by atoms with Crippen LogP contribution in [0.1, 0.15) is 17.0 Å². The number of anilines is 3. The molecule has 6 nitrogen and oxygen atoms in total. The van der Waals surface area contributed by atoms with E-state index in [2.05, 4.69) is 137 Å². The highest BCUT2D eigenvalue weighted by Gasteiger charge is 2.19. The molecular weight excluding hydrogens is 751 g/mol. The van der Waals surface area contributed by atoms with Crippen LogP contribution in [0.15, 0.2) is 162 Å². The topological polar surface area (TPSA) is 67.9 Å². The van der Waals surface area contributed by atoms with Crippen LogP contribution in [0.2, 0.25) is 0 Å². The lowest BCUT2D eigenvalue weighted by Crippen LogP contribution is -2.10. The standard InChI is InChI=1S/C50H31N5OS2/c1-3-9-44-41(7-1)53-49(57-44)35-13-11-33-28-38(21-17-31(33)26-35)55(37-19-15-30(16-20-37)47-46-40-6-5-24-52-48(40)56-43(46)23-25-51-47)39-22-18-32-27-36(14-12-34(32)29-39)50-54-42-8-2-4-10-45(42)58-50/h1-3,5-9,11-29H,4,10H2. The number of nitrogens with zero attached hydrogens (tertiary/aromatic N) is 5. The molecule has 58 heavy (non-hydrogen) atoms. The monoisotopic (exact) mass is 781 g/mol. The molecule has 0 unspecified atom stereocenters. The second kappa shape index (κ2) is 13.3. The molecule has 6 aromatic carbocycles. The number of allylic oxidation sites excluding steroid dienone is 1. The fourth-order valence-corrected chi connectivity index (χ4v) is 10.2. The average molecular weight is 782 g/mol. The van der Waals surface area contributed by atoms with E-state index in [-0.39, 0.29) is 0 Å². The Morgan fingerprint density at radius 3 is 2.02 bits per heavy atom. The number of aryl methyl sites for hydroxylation is 1. The first-order chi connectivity index (χ1) is 28.7. The van der Waals surface area contributed by atoms with Gasteiger partial charge in [0.15, 0.2) is 0 Å². The molecular formula is C50H31N5OS2. The van der Waals surface area contributed by atoms with E-state index in [1.54, 1.807) is 23.7 Å². The molecule has 0 atom stereocenters. The lowest BCUT2D eigenvalue weighted by atomic mass is 10.0. The van der Waals surface area contributed by atoms with Crippen LogP contribution >= 0.6 is 22.7 Å². The third kappa shape index (κ3) is 5.60. The summed E-state index contributed by atoms with van der Waals surface area (Å²) in [6.07, 6.45) is 10.1. The molecule has 0 saturated carbocycles. The molecule has 0 bridgehead atoms. The maximum absolute atomic E-state index is 6.09. The maximum atomic E-state index is 6.09. The number of benzene rings is 6. The van der Waals surface area contributed by atoms with Crippen LogP contribution in [0.3, 0.4) is 0 Å². The molecule has 0 radical (unpaired) electrons. The minimum atomic E-state index is 0.615. The van der Waals surface area contributed by atoms with Crippen molar-refractivity contribution in [2.75, 3.05) is 4.90 Å². The molecule has 0 aliphatic heterocycles. The molecule has 5 heterocycles. The number of furan rings is 1. The Morgan fingerprint density at radius 2 is 1.26 bits per heavy atom. The molecule has 0 fully saturated rings. The Bertz CT molecular complexity index is 3400. The van der Waals surface area contributed by atoms with Crippen molar-refractivity contribution in [3.8, 4) is 32.4 Å². The molecule has 5 aromatic heterocycles. The smallest absolute Gasteiger partial charge is 0.227 e. The van der Waals surface area contributed by atoms with Gasteiger partial charge in [-0.3, -0.25) is 4.98 Å². The molecule has 1 aliphatic carbocycles. The first-order valence-corrected chi connectivity index (χ1v) is 20.9. The van der Waals surface area contributed by atoms with Crippen LogP contribution in [-0.2, 0) is 6.42 Å². The van der Waals surface area contributed by atoms with Gasteiger partial charge < -0.3 is 9.32 Å². The van der Waals surface area contributed by atoms with Gasteiger partial charge in [0.1, 0.15) is 15.6 Å². The van der Waals surface area contributed by atoms with Gasteiger partial charge in [-0.2, -0.15) is 0 Å². The zero-order valence-corrected chi connectivity index (χ0v) is 32.6. The van der Waals surface area contributed by atoms with E-state index >= 15 is 0 Å². The van der Waals surface area contributed by atoms with Crippen molar-refractivity contribution >= 4 is 99.6 Å². The SMILES string of the molecule is C1=Cc2nc(-c3ccc4cc(N(c5ccc(-c6nccc7oc8ncccc8c67)cc5)c5ccc6cc(-c7nc8ccccc8s7)ccc6c5)ccc4c3)sc2CC1. The van der Waals surface area contributed by atoms with Crippen LogP contribution in [0.4, 0.5) is 17.1 Å². The summed E-state index contributed by atoms with van der Waals surface area (Å²) in [6.45, 7) is 0. The third-order valence-corrected chi connectivity index (χ3v) is 13.3. The summed E-state index contributed by atoms with van der Waals surface area (Å²) in [5.74, 6) is 0. The van der Waals surface area contributed by atoms with E-state index in [9.17, 15) is 0 Å². The number of hydrogen-bond donors (Lipinski definition) is 0. The maximum Gasteiger partial charge on any atom is 0.227 e. The van der Waals surface area contributed by atoms with Crippen molar-refractivity contribution in [2.24, 2.45) is 0 Å². The Labute approximate surface area is 341 Å². The predicted octanol–water partition coefficient (Wildman–Crippen LogP) is 14.2. The van der Waals surface area contributed by atoms with Crippen LogP contribution in [0.5, 0.6) is 0 Å². The van der Waals surface area contributed by atoms with E-state index in [4.69, 9.17) is 19.4 Å². The number of rotatable bonds is 6. The van der Waals surface area contributed by atoms with Gasteiger partial charge in [0, 0.05) is 51.0 Å². The minimum absolute atomic E-state index is 0.615. The van der Waals surface area contributed by atoms with Crippen LogP contribution in [0.25, 0.3) is 92.3 Å². The van der Waals surface area contributed by atoms with Crippen molar-refractivity contribution in [3.63, 3.8) is 0 Å². The quantitative estimate of drug-likeness (QED) is 0.167. The first kappa shape index (κ1) is 33.2. The third-order valence-electron chi connectivity index (χ3n) is 11.1. The lowest BCUT2D eigenvalue weighted by molar-refractivity contribution is 0.654. The lowest BCUT2D eigenvalue weighted by Gasteiger charge is -2.26. The van der Waals surface area contributed by atoms with Gasteiger partial charge >= 0.3 is 0 Å². The largest absolute Gasteiger partial charge is 0.438 e. The van der Waals surface area contributed by atoms with E-state index in [0.29, 0.717) is 5.71 Å². The van der Waals surface area contributed by atoms with E-state index in [1.165, 1.54) is 25.7 Å². The molecule has 0 amide bonds. The number of hydrogen-bond acceptors (Lipinski definition) is 8. The molecule has 274 valence electrons. The zero-order chi connectivity index (χ0) is 38.2. The second-order valence-electron chi connectivity index (χ2n) is 14.6. The summed E-state index contributed by atoms with van der Waals surface area (Å²) in [7, 11) is 0. The van der Waals surface area contributed by atoms with E-state index in [0.717, 1.165) is 95.3 Å². The molecule has 12 rings (SSSR count). The number of para-hydroxylation sites is 1. The van der Waals surface area contributed by atoms with Crippen molar-refractivity contribution in [1.29, 1.82) is 0 Å². The Balaban J connectivity index is 0.955. The van der Waals surface area contributed by atoms with Gasteiger partial charge in [0.25, 0.3) is 0 Å². The van der Waals surface area contributed by atoms with Crippen LogP contribution < -0.4 is 4.90 Å². The molecule has 0 spiro atoms. The van der Waals surface area contributed by atoms with Crippen molar-refractivity contribution in [3.05, 3.63) is 169 Å². The molecule has 0 N–H and O–H groups in total. The number of thiazole rings is 2. The zero-order valence-electron chi connectivity index (χ0n) is 31.0. The second-order valence-corrected chi connectivity index (χ2v) is 16.7. The number of pyridine rings is 2. The van der Waals surface area contributed by atoms with Gasteiger partial charge in [-0.1, -0.05) is 66.7 Å². The highest BCUT2D eigenvalue weighted by atomic mass is 32.1. The average Bonchev–Trinajstić information content (AvgIpc) is 4.02. The molecule has 0 saturated heterocycles. The van der Waals surface area contributed by atoms with E-state index < -0.39 is 0 Å². The van der Waals surface area contributed by atoms with Gasteiger partial charge in [0.2, 0.25) is 5.71 Å². The predicted molar refractivity (Wildman–Crippen MR) is 242 cm³/mol. The summed E-state index contributed by atoms with van der Waals surface area (Å²) < 4.78 is 7.29. The summed E-state index contributed by atoms with van der Waals surface area (Å²) in [6, 6.07) is 49.7. The molecule has 1 aliphatic rings. The van der Waals surface area contributed by atoms with Crippen LogP contribution in [0, 0.1) is 0 Å². The molecule has 8 heteroatoms. The molecule has 11 aromatic rings. The Hall–Kier alpha value is -7.00. The highest BCUT2D eigenvalue weighted by Crippen LogP contribution is 2.42. The van der Waals surface area contributed by atoms with Crippen molar-refractivity contribution in [1.82, 2.24) is 19.9 Å². The Morgan fingerprint density at radius 1 is 0.569 bits per heavy atom. The van der Waals surface area contributed by atoms with Gasteiger partial charge in [-0.25, -0.2) is 15.0 Å². The first-order valence-electron chi connectivity index (χ1n) is 19.3. The van der Waals surface area contributed by atoms with Gasteiger partial charge in [0.05, 0.1) is 32.4 Å². The minimum Gasteiger partial charge on any atom is -0.438 e. The van der Waals surface area contributed by atoms with Gasteiger partial charge in [-0.05, 0) is 119 Å². The summed E-state index contributed by atoms with van der Waals surface area (Å²) >= 11 is 3.55. The summed E-state index contributed by atoms with van der Waals surface area (Å²) in [5, 5.41) is 8.72. The van der Waals surface area contributed by atoms with Crippen LogP contribution in [-0.4, -0.2) is 19.9 Å². The van der Waals surface area contributed by atoms with E-state index in [1.807, 2.05) is 35.6 Å². The highest BCUT2D eigenvalue weighted by molar-refractivity contribution is 7.21. The number of fused-ring (bicyclic) bond motifs is 7. The van der Waals surface area contributed by atoms with Gasteiger partial charge in [-0.15, -0.1) is 22.7 Å². The fourth-order valence-electron chi connectivity index (χ4n) is 8.20. The normalized spacial score (nSPS) is 12.6. The number of aromatic nitrogens is 4.